The van der Waals surface area contributed by atoms with E-state index in [4.69, 9.17) is 16.0 Å². The summed E-state index contributed by atoms with van der Waals surface area (Å²) in [5.41, 5.74) is 1.66. The number of hydrogen-bond acceptors (Lipinski definition) is 5. The van der Waals surface area contributed by atoms with Gasteiger partial charge < -0.3 is 4.42 Å². The van der Waals surface area contributed by atoms with Crippen molar-refractivity contribution >= 4 is 35.3 Å². The van der Waals surface area contributed by atoms with Gasteiger partial charge in [0.1, 0.15) is 0 Å². The van der Waals surface area contributed by atoms with E-state index in [1.165, 1.54) is 4.90 Å². The van der Waals surface area contributed by atoms with Crippen LogP contribution in [0.5, 0.6) is 0 Å². The summed E-state index contributed by atoms with van der Waals surface area (Å²) >= 11 is 7.62. The van der Waals surface area contributed by atoms with E-state index in [0.29, 0.717) is 10.9 Å². The Morgan fingerprint density at radius 3 is 2.52 bits per heavy atom. The van der Waals surface area contributed by atoms with Crippen LogP contribution in [0, 0.1) is 0 Å². The van der Waals surface area contributed by atoms with Crippen LogP contribution in [0.2, 0.25) is 5.02 Å². The Balaban J connectivity index is 1.60. The van der Waals surface area contributed by atoms with E-state index in [0.717, 1.165) is 16.9 Å². The lowest BCUT2D eigenvalue weighted by Gasteiger charge is -2.03. The number of nitrogens with zero attached hydrogens (tertiary/aromatic N) is 2. The fraction of sp³-hybridized carbons (Fsp3) is 0.167. The first-order valence-electron chi connectivity index (χ1n) is 7.75. The van der Waals surface area contributed by atoms with Gasteiger partial charge >= 0.3 is 6.01 Å². The Bertz CT molecular complexity index is 848. The molecule has 0 aliphatic rings. The number of aromatic nitrogens is 2. The molecular formula is C18H16ClN3O2S. The fourth-order valence-corrected chi connectivity index (χ4v) is 2.99. The van der Waals surface area contributed by atoms with E-state index in [1.54, 1.807) is 36.0 Å². The zero-order chi connectivity index (χ0) is 17.6. The Morgan fingerprint density at radius 1 is 1.12 bits per heavy atom. The number of carbonyl (C=O) groups is 1. The van der Waals surface area contributed by atoms with Crippen LogP contribution in [0.1, 0.15) is 12.5 Å². The third-order valence-corrected chi connectivity index (χ3v) is 4.51. The molecule has 0 fully saturated rings. The first-order chi connectivity index (χ1) is 12.1. The SMILES string of the molecule is CCSc1ccc(CC(=O)Nc2nnc(-c3ccc(Cl)cc3)o2)cc1. The monoisotopic (exact) mass is 373 g/mol. The second-order valence-corrected chi connectivity index (χ2v) is 7.00. The molecule has 0 atom stereocenters. The van der Waals surface area contributed by atoms with Crippen molar-refractivity contribution in [1.29, 1.82) is 0 Å². The number of carbonyl (C=O) groups excluding carboxylic acids is 1. The molecule has 7 heteroatoms. The van der Waals surface area contributed by atoms with Crippen molar-refractivity contribution in [3.8, 4) is 11.5 Å². The highest BCUT2D eigenvalue weighted by Crippen LogP contribution is 2.22. The second-order valence-electron chi connectivity index (χ2n) is 5.22. The maximum absolute atomic E-state index is 12.1. The van der Waals surface area contributed by atoms with E-state index >= 15 is 0 Å². The Hall–Kier alpha value is -2.31. The lowest BCUT2D eigenvalue weighted by atomic mass is 10.1. The summed E-state index contributed by atoms with van der Waals surface area (Å²) in [6.07, 6.45) is 0.246. The van der Waals surface area contributed by atoms with Gasteiger partial charge in [-0.1, -0.05) is 35.8 Å². The van der Waals surface area contributed by atoms with Gasteiger partial charge in [-0.25, -0.2) is 0 Å². The summed E-state index contributed by atoms with van der Waals surface area (Å²) in [5, 5.41) is 11.0. The molecule has 1 N–H and O–H groups in total. The smallest absolute Gasteiger partial charge is 0.322 e. The number of anilines is 1. The van der Waals surface area contributed by atoms with Gasteiger partial charge in [-0.3, -0.25) is 10.1 Å². The first kappa shape index (κ1) is 17.5. The third-order valence-electron chi connectivity index (χ3n) is 3.36. The summed E-state index contributed by atoms with van der Waals surface area (Å²) in [4.78, 5) is 13.3. The van der Waals surface area contributed by atoms with E-state index in [1.807, 2.05) is 24.3 Å². The number of benzene rings is 2. The normalized spacial score (nSPS) is 10.6. The number of hydrogen-bond donors (Lipinski definition) is 1. The molecule has 0 spiro atoms. The predicted octanol–water partition coefficient (Wildman–Crippen LogP) is 4.68. The van der Waals surface area contributed by atoms with Gasteiger partial charge in [0.15, 0.2) is 0 Å². The molecule has 2 aromatic carbocycles. The molecule has 3 aromatic rings. The molecule has 0 aliphatic carbocycles. The fourth-order valence-electron chi connectivity index (χ4n) is 2.20. The van der Waals surface area contributed by atoms with Crippen LogP contribution in [0.15, 0.2) is 57.8 Å². The lowest BCUT2D eigenvalue weighted by molar-refractivity contribution is -0.115. The minimum Gasteiger partial charge on any atom is -0.403 e. The Morgan fingerprint density at radius 2 is 1.84 bits per heavy atom. The number of nitrogens with one attached hydrogen (secondary N) is 1. The third kappa shape index (κ3) is 4.84. The van der Waals surface area contributed by atoms with Gasteiger partial charge in [0.2, 0.25) is 11.8 Å². The van der Waals surface area contributed by atoms with E-state index in [2.05, 4.69) is 22.4 Å². The van der Waals surface area contributed by atoms with Crippen molar-refractivity contribution in [3.63, 3.8) is 0 Å². The molecular weight excluding hydrogens is 358 g/mol. The Kier molecular flexibility index (Phi) is 5.73. The van der Waals surface area contributed by atoms with Crippen molar-refractivity contribution in [2.45, 2.75) is 18.2 Å². The average Bonchev–Trinajstić information content (AvgIpc) is 3.06. The maximum atomic E-state index is 12.1. The van der Waals surface area contributed by atoms with E-state index < -0.39 is 0 Å². The van der Waals surface area contributed by atoms with Gasteiger partial charge in [-0.15, -0.1) is 16.9 Å². The van der Waals surface area contributed by atoms with Crippen molar-refractivity contribution in [2.75, 3.05) is 11.1 Å². The molecule has 128 valence electrons. The van der Waals surface area contributed by atoms with Crippen LogP contribution in [0.3, 0.4) is 0 Å². The lowest BCUT2D eigenvalue weighted by Crippen LogP contribution is -2.14. The topological polar surface area (TPSA) is 68.0 Å². The molecule has 1 amide bonds. The highest BCUT2D eigenvalue weighted by atomic mass is 35.5. The predicted molar refractivity (Wildman–Crippen MR) is 99.9 cm³/mol. The molecule has 0 unspecified atom stereocenters. The standard InChI is InChI=1S/C18H16ClN3O2S/c1-2-25-15-9-3-12(4-10-15)11-16(23)20-18-22-21-17(24-18)13-5-7-14(19)8-6-13/h3-10H,2,11H2,1H3,(H,20,22,23). The zero-order valence-corrected chi connectivity index (χ0v) is 15.1. The van der Waals surface area contributed by atoms with Crippen LogP contribution in [-0.2, 0) is 11.2 Å². The van der Waals surface area contributed by atoms with Crippen LogP contribution >= 0.6 is 23.4 Å². The molecule has 3 rings (SSSR count). The van der Waals surface area contributed by atoms with Gasteiger partial charge in [0.25, 0.3) is 0 Å². The van der Waals surface area contributed by atoms with Crippen molar-refractivity contribution < 1.29 is 9.21 Å². The van der Waals surface area contributed by atoms with E-state index in [9.17, 15) is 4.79 Å². The molecule has 0 aliphatic heterocycles. The maximum Gasteiger partial charge on any atom is 0.322 e. The molecule has 0 radical (unpaired) electrons. The molecule has 0 saturated carbocycles. The molecule has 5 nitrogen and oxygen atoms in total. The summed E-state index contributed by atoms with van der Waals surface area (Å²) in [5.74, 6) is 1.14. The van der Waals surface area contributed by atoms with Crippen molar-refractivity contribution in [1.82, 2.24) is 10.2 Å². The Labute approximate surface area is 154 Å². The molecule has 25 heavy (non-hydrogen) atoms. The zero-order valence-electron chi connectivity index (χ0n) is 13.5. The van der Waals surface area contributed by atoms with Crippen molar-refractivity contribution in [2.24, 2.45) is 0 Å². The first-order valence-corrected chi connectivity index (χ1v) is 9.11. The largest absolute Gasteiger partial charge is 0.403 e. The average molecular weight is 374 g/mol. The molecule has 1 aromatic heterocycles. The van der Waals surface area contributed by atoms with E-state index in [-0.39, 0.29) is 18.3 Å². The van der Waals surface area contributed by atoms with Crippen LogP contribution in [0.4, 0.5) is 6.01 Å². The number of rotatable bonds is 6. The minimum absolute atomic E-state index is 0.0770. The summed E-state index contributed by atoms with van der Waals surface area (Å²) < 4.78 is 5.47. The quantitative estimate of drug-likeness (QED) is 0.635. The number of halogens is 1. The second kappa shape index (κ2) is 8.18. The minimum atomic E-state index is -0.206. The van der Waals surface area contributed by atoms with Crippen LogP contribution in [0.25, 0.3) is 11.5 Å². The molecule has 1 heterocycles. The van der Waals surface area contributed by atoms with Gasteiger partial charge in [-0.05, 0) is 47.7 Å². The van der Waals surface area contributed by atoms with Crippen molar-refractivity contribution in [3.05, 3.63) is 59.1 Å². The van der Waals surface area contributed by atoms with Crippen LogP contribution in [-0.4, -0.2) is 21.9 Å². The highest BCUT2D eigenvalue weighted by molar-refractivity contribution is 7.99. The van der Waals surface area contributed by atoms with Gasteiger partial charge in [0, 0.05) is 15.5 Å². The molecule has 0 saturated heterocycles. The van der Waals surface area contributed by atoms with Crippen LogP contribution < -0.4 is 5.32 Å². The summed E-state index contributed by atoms with van der Waals surface area (Å²) in [6, 6.07) is 15.0. The summed E-state index contributed by atoms with van der Waals surface area (Å²) in [7, 11) is 0. The number of amides is 1. The number of thioether (sulfide) groups is 1. The van der Waals surface area contributed by atoms with Gasteiger partial charge in [0.05, 0.1) is 6.42 Å². The highest BCUT2D eigenvalue weighted by Gasteiger charge is 2.12. The summed E-state index contributed by atoms with van der Waals surface area (Å²) in [6.45, 7) is 2.11. The molecule has 0 bridgehead atoms. The van der Waals surface area contributed by atoms with Gasteiger partial charge in [-0.2, -0.15) is 0 Å².